The minimum atomic E-state index is -0.446. The number of hydrogen-bond acceptors (Lipinski definition) is 8. The number of aryl methyl sites for hydroxylation is 1. The Morgan fingerprint density at radius 2 is 1.67 bits per heavy atom. The third kappa shape index (κ3) is 7.99. The average Bonchev–Trinajstić information content (AvgIpc) is 3.85. The Labute approximate surface area is 300 Å². The molecule has 3 aromatic heterocycles. The third-order valence-electron chi connectivity index (χ3n) is 8.73. The first-order valence-electron chi connectivity index (χ1n) is 17.3. The molecule has 3 amide bonds. The molecule has 3 N–H and O–H groups in total. The number of amides is 3. The molecule has 0 bridgehead atoms. The van der Waals surface area contributed by atoms with Crippen LogP contribution >= 0.6 is 0 Å². The molecule has 13 heteroatoms. The van der Waals surface area contributed by atoms with Gasteiger partial charge in [0.2, 0.25) is 0 Å². The quantitative estimate of drug-likeness (QED) is 0.117. The summed E-state index contributed by atoms with van der Waals surface area (Å²) in [4.78, 5) is 40.8. The predicted molar refractivity (Wildman–Crippen MR) is 198 cm³/mol. The van der Waals surface area contributed by atoms with E-state index in [1.807, 2.05) is 48.5 Å². The van der Waals surface area contributed by atoms with Crippen molar-refractivity contribution in [2.75, 3.05) is 29.0 Å². The number of carbonyl (C=O) groups is 2. The summed E-state index contributed by atoms with van der Waals surface area (Å²) < 4.78 is 21.5. The van der Waals surface area contributed by atoms with Crippen LogP contribution in [0.5, 0.6) is 5.75 Å². The standard InChI is InChI=1S/C39H38FN9O3/c1-2-3-8-28-22-37(49(47-28)29-13-11-27(40)12-14-29)46-39(51)44-32-15-16-34(31-10-5-4-9-30(31)32)52-25-26-17-18-41-35(21-26)45-36-24-42-33(23-43-36)38(50)48-19-6-7-20-48/h4-5,9-18,21-24H,2-3,6-8,19-20,25H2,1H3,(H,41,43,45)(H2,44,46,51). The molecule has 0 radical (unpaired) electrons. The van der Waals surface area contributed by atoms with E-state index in [2.05, 4.69) is 42.9 Å². The number of urea groups is 1. The number of rotatable bonds is 12. The van der Waals surface area contributed by atoms with Crippen LogP contribution < -0.4 is 20.7 Å². The van der Waals surface area contributed by atoms with Crippen LogP contribution in [0.1, 0.15) is 54.4 Å². The van der Waals surface area contributed by atoms with E-state index in [1.54, 1.807) is 34.0 Å². The van der Waals surface area contributed by atoms with Gasteiger partial charge in [0, 0.05) is 36.1 Å². The molecular weight excluding hydrogens is 661 g/mol. The van der Waals surface area contributed by atoms with Gasteiger partial charge in [0.05, 0.1) is 29.5 Å². The van der Waals surface area contributed by atoms with E-state index < -0.39 is 6.03 Å². The number of benzene rings is 3. The zero-order chi connectivity index (χ0) is 35.9. The first kappa shape index (κ1) is 34.1. The molecule has 1 aliphatic rings. The van der Waals surface area contributed by atoms with E-state index in [9.17, 15) is 14.0 Å². The Bertz CT molecular complexity index is 2180. The van der Waals surface area contributed by atoms with Crippen molar-refractivity contribution >= 4 is 45.9 Å². The summed E-state index contributed by atoms with van der Waals surface area (Å²) in [6.45, 7) is 3.87. The lowest BCUT2D eigenvalue weighted by molar-refractivity contribution is 0.0786. The smallest absolute Gasteiger partial charge is 0.324 e. The van der Waals surface area contributed by atoms with E-state index in [1.165, 1.54) is 24.5 Å². The number of aromatic nitrogens is 5. The van der Waals surface area contributed by atoms with Crippen molar-refractivity contribution in [1.82, 2.24) is 29.6 Å². The molecule has 7 rings (SSSR count). The Hall–Kier alpha value is -6.37. The van der Waals surface area contributed by atoms with E-state index in [-0.39, 0.29) is 18.3 Å². The second kappa shape index (κ2) is 15.7. The number of nitrogens with one attached hydrogen (secondary N) is 3. The lowest BCUT2D eigenvalue weighted by atomic mass is 10.1. The van der Waals surface area contributed by atoms with Crippen molar-refractivity contribution in [2.24, 2.45) is 0 Å². The Kier molecular flexibility index (Phi) is 10.3. The van der Waals surface area contributed by atoms with Gasteiger partial charge in [-0.05, 0) is 79.8 Å². The van der Waals surface area contributed by atoms with E-state index in [4.69, 9.17) is 4.74 Å². The van der Waals surface area contributed by atoms with Crippen LogP contribution in [0, 0.1) is 5.82 Å². The molecule has 0 spiro atoms. The minimum Gasteiger partial charge on any atom is -0.488 e. The maximum Gasteiger partial charge on any atom is 0.324 e. The topological polar surface area (TPSA) is 139 Å². The van der Waals surface area contributed by atoms with Crippen molar-refractivity contribution < 1.29 is 18.7 Å². The molecule has 0 aliphatic carbocycles. The summed E-state index contributed by atoms with van der Waals surface area (Å²) >= 11 is 0. The van der Waals surface area contributed by atoms with Crippen molar-refractivity contribution in [3.63, 3.8) is 0 Å². The number of ether oxygens (including phenoxy) is 1. The summed E-state index contributed by atoms with van der Waals surface area (Å²) in [6.07, 6.45) is 9.44. The molecule has 6 aromatic rings. The van der Waals surface area contributed by atoms with Crippen molar-refractivity contribution in [1.29, 1.82) is 0 Å². The molecule has 1 saturated heterocycles. The summed E-state index contributed by atoms with van der Waals surface area (Å²) in [5.41, 5.74) is 3.26. The van der Waals surface area contributed by atoms with Gasteiger partial charge >= 0.3 is 6.03 Å². The molecule has 1 aliphatic heterocycles. The van der Waals surface area contributed by atoms with E-state index >= 15 is 0 Å². The second-order valence-corrected chi connectivity index (χ2v) is 12.5. The highest BCUT2D eigenvalue weighted by atomic mass is 19.1. The molecule has 1 fully saturated rings. The number of hydrogen-bond donors (Lipinski definition) is 3. The lowest BCUT2D eigenvalue weighted by Crippen LogP contribution is -2.28. The number of carbonyl (C=O) groups excluding carboxylic acids is 2. The zero-order valence-corrected chi connectivity index (χ0v) is 28.7. The number of fused-ring (bicyclic) bond motifs is 1. The lowest BCUT2D eigenvalue weighted by Gasteiger charge is -2.15. The molecule has 3 aromatic carbocycles. The van der Waals surface area contributed by atoms with Crippen molar-refractivity contribution in [3.05, 3.63) is 120 Å². The molecule has 0 saturated carbocycles. The SMILES string of the molecule is CCCCc1cc(NC(=O)Nc2ccc(OCc3ccnc(Nc4cnc(C(=O)N5CCCC5)cn4)c3)c3ccccc23)n(-c2ccc(F)cc2)n1. The third-order valence-corrected chi connectivity index (χ3v) is 8.73. The van der Waals surface area contributed by atoms with Gasteiger partial charge < -0.3 is 20.3 Å². The van der Waals surface area contributed by atoms with Gasteiger partial charge in [-0.2, -0.15) is 5.10 Å². The summed E-state index contributed by atoms with van der Waals surface area (Å²) in [6, 6.07) is 22.4. The summed E-state index contributed by atoms with van der Waals surface area (Å²) in [7, 11) is 0. The van der Waals surface area contributed by atoms with Crippen molar-refractivity contribution in [3.8, 4) is 11.4 Å². The largest absolute Gasteiger partial charge is 0.488 e. The number of halogens is 1. The molecule has 0 unspecified atom stereocenters. The van der Waals surface area contributed by atoms with Gasteiger partial charge in [0.1, 0.15) is 41.3 Å². The maximum atomic E-state index is 13.6. The first-order chi connectivity index (χ1) is 25.4. The van der Waals surface area contributed by atoms with Crippen LogP contribution in [-0.4, -0.2) is 54.7 Å². The van der Waals surface area contributed by atoms with Gasteiger partial charge in [0.25, 0.3) is 5.91 Å². The predicted octanol–water partition coefficient (Wildman–Crippen LogP) is 7.89. The number of anilines is 4. The number of likely N-dealkylation sites (tertiary alicyclic amines) is 1. The van der Waals surface area contributed by atoms with Crippen LogP contribution in [0.25, 0.3) is 16.5 Å². The van der Waals surface area contributed by atoms with Gasteiger partial charge in [-0.15, -0.1) is 0 Å². The fourth-order valence-corrected chi connectivity index (χ4v) is 6.06. The van der Waals surface area contributed by atoms with Gasteiger partial charge in [-0.1, -0.05) is 37.6 Å². The van der Waals surface area contributed by atoms with Crippen LogP contribution in [-0.2, 0) is 13.0 Å². The van der Waals surface area contributed by atoms with E-state index in [0.717, 1.165) is 67.2 Å². The van der Waals surface area contributed by atoms with E-state index in [0.29, 0.717) is 40.3 Å². The first-order valence-corrected chi connectivity index (χ1v) is 17.3. The molecule has 0 atom stereocenters. The molecule has 12 nitrogen and oxygen atoms in total. The monoisotopic (exact) mass is 699 g/mol. The zero-order valence-electron chi connectivity index (χ0n) is 28.7. The normalized spacial score (nSPS) is 12.5. The summed E-state index contributed by atoms with van der Waals surface area (Å²) in [5.74, 6) is 1.70. The molecule has 264 valence electrons. The minimum absolute atomic E-state index is 0.101. The molecule has 4 heterocycles. The Morgan fingerprint density at radius 1 is 0.865 bits per heavy atom. The summed E-state index contributed by atoms with van der Waals surface area (Å²) in [5, 5.41) is 15.3. The highest BCUT2D eigenvalue weighted by molar-refractivity contribution is 6.07. The Morgan fingerprint density at radius 3 is 2.44 bits per heavy atom. The number of pyridine rings is 1. The fourth-order valence-electron chi connectivity index (χ4n) is 6.06. The average molecular weight is 700 g/mol. The van der Waals surface area contributed by atoms with Crippen molar-refractivity contribution in [2.45, 2.75) is 45.6 Å². The second-order valence-electron chi connectivity index (χ2n) is 12.5. The number of nitrogens with zero attached hydrogens (tertiary/aromatic N) is 6. The molecular formula is C39H38FN9O3. The van der Waals surface area contributed by atoms with Gasteiger partial charge in [-0.25, -0.2) is 28.8 Å². The van der Waals surface area contributed by atoms with Gasteiger partial charge in [0.15, 0.2) is 0 Å². The van der Waals surface area contributed by atoms with Crippen LogP contribution in [0.2, 0.25) is 0 Å². The number of unbranched alkanes of at least 4 members (excludes halogenated alkanes) is 1. The fraction of sp³-hybridized carbons (Fsp3) is 0.231. The molecule has 52 heavy (non-hydrogen) atoms. The highest BCUT2D eigenvalue weighted by Gasteiger charge is 2.21. The van der Waals surface area contributed by atoms with Crippen LogP contribution in [0.4, 0.5) is 32.3 Å². The van der Waals surface area contributed by atoms with Crippen LogP contribution in [0.3, 0.4) is 0 Å². The highest BCUT2D eigenvalue weighted by Crippen LogP contribution is 2.32. The Balaban J connectivity index is 1.01. The van der Waals surface area contributed by atoms with Gasteiger partial charge in [-0.3, -0.25) is 10.1 Å². The maximum absolute atomic E-state index is 13.6. The van der Waals surface area contributed by atoms with Crippen LogP contribution in [0.15, 0.2) is 97.5 Å².